The van der Waals surface area contributed by atoms with Crippen molar-refractivity contribution in [3.05, 3.63) is 64.4 Å². The van der Waals surface area contributed by atoms with E-state index >= 15 is 4.39 Å². The highest BCUT2D eigenvalue weighted by Gasteiger charge is 2.44. The SMILES string of the molecule is CCNC(=O)[C@@H](C1CCOCC1)N(C)C(=O)C(C)(COC)c1ccc2nc(CC(c3ccccc3Cl)C(C)(C)F)[nH]c2c1. The van der Waals surface area contributed by atoms with Crippen LogP contribution in [0, 0.1) is 5.92 Å². The fourth-order valence-electron chi connectivity index (χ4n) is 6.27. The number of nitrogens with zero attached hydrogens (tertiary/aromatic N) is 2. The van der Waals surface area contributed by atoms with Crippen molar-refractivity contribution in [2.75, 3.05) is 40.5 Å². The second-order valence-corrected chi connectivity index (χ2v) is 12.6. The molecule has 2 unspecified atom stereocenters. The minimum atomic E-state index is -1.55. The summed E-state index contributed by atoms with van der Waals surface area (Å²) in [7, 11) is 3.26. The van der Waals surface area contributed by atoms with Crippen LogP contribution < -0.4 is 5.32 Å². The molecule has 10 heteroatoms. The van der Waals surface area contributed by atoms with Crippen LogP contribution in [0.2, 0.25) is 5.02 Å². The first-order valence-corrected chi connectivity index (χ1v) is 15.3. The molecule has 0 aliphatic carbocycles. The van der Waals surface area contributed by atoms with Gasteiger partial charge in [-0.2, -0.15) is 0 Å². The summed E-state index contributed by atoms with van der Waals surface area (Å²) in [6.45, 7) is 8.53. The highest BCUT2D eigenvalue weighted by Crippen LogP contribution is 2.38. The number of hydrogen-bond acceptors (Lipinski definition) is 5. The Morgan fingerprint density at radius 1 is 1.21 bits per heavy atom. The number of halogens is 2. The highest BCUT2D eigenvalue weighted by molar-refractivity contribution is 6.31. The van der Waals surface area contributed by atoms with Crippen LogP contribution in [-0.4, -0.2) is 78.9 Å². The van der Waals surface area contributed by atoms with Crippen molar-refractivity contribution < 1.29 is 23.5 Å². The number of imidazole rings is 1. The molecule has 2 aromatic carbocycles. The molecule has 2 heterocycles. The molecule has 4 rings (SSSR count). The van der Waals surface area contributed by atoms with Gasteiger partial charge in [-0.05, 0) is 75.8 Å². The molecule has 0 bridgehead atoms. The fraction of sp³-hybridized carbons (Fsp3) is 0.545. The lowest BCUT2D eigenvalue weighted by Gasteiger charge is -2.40. The van der Waals surface area contributed by atoms with E-state index in [2.05, 4.69) is 10.3 Å². The smallest absolute Gasteiger partial charge is 0.243 e. The third-order valence-electron chi connectivity index (χ3n) is 8.65. The Hall–Kier alpha value is -3.01. The van der Waals surface area contributed by atoms with E-state index < -0.39 is 23.0 Å². The van der Waals surface area contributed by atoms with Crippen LogP contribution >= 0.6 is 11.6 Å². The maximum atomic E-state index is 15.4. The Balaban J connectivity index is 1.67. The van der Waals surface area contributed by atoms with Crippen LogP contribution in [0.5, 0.6) is 0 Å². The van der Waals surface area contributed by atoms with Crippen molar-refractivity contribution in [3.63, 3.8) is 0 Å². The standard InChI is InChI=1S/C33H44ClFN4O4/c1-7-36-30(40)29(21-14-16-43-17-15-21)39(5)31(41)33(4,20-42-6)22-12-13-26-27(18-22)38-28(37-26)19-24(32(2,3)35)23-10-8-9-11-25(23)34/h8-13,18,21,24,29H,7,14-17,19-20H2,1-6H3,(H,36,40)(H,37,38)/t24?,29-,33?/m1/s1. The molecule has 2 amide bonds. The molecule has 1 aliphatic rings. The monoisotopic (exact) mass is 614 g/mol. The highest BCUT2D eigenvalue weighted by atomic mass is 35.5. The van der Waals surface area contributed by atoms with Gasteiger partial charge in [0.2, 0.25) is 11.8 Å². The molecule has 8 nitrogen and oxygen atoms in total. The molecular weight excluding hydrogens is 571 g/mol. The van der Waals surface area contributed by atoms with Crippen molar-refractivity contribution in [1.29, 1.82) is 0 Å². The minimum absolute atomic E-state index is 0.00971. The van der Waals surface area contributed by atoms with Crippen molar-refractivity contribution in [1.82, 2.24) is 20.2 Å². The first-order chi connectivity index (χ1) is 20.4. The van der Waals surface area contributed by atoms with E-state index in [1.165, 1.54) is 0 Å². The van der Waals surface area contributed by atoms with Crippen molar-refractivity contribution >= 4 is 34.4 Å². The molecule has 3 aromatic rings. The van der Waals surface area contributed by atoms with Gasteiger partial charge >= 0.3 is 0 Å². The number of carbonyl (C=O) groups excluding carboxylic acids is 2. The van der Waals surface area contributed by atoms with Gasteiger partial charge in [-0.3, -0.25) is 9.59 Å². The van der Waals surface area contributed by atoms with Gasteiger partial charge in [-0.1, -0.05) is 35.9 Å². The van der Waals surface area contributed by atoms with Gasteiger partial charge in [0.05, 0.1) is 23.1 Å². The summed E-state index contributed by atoms with van der Waals surface area (Å²) >= 11 is 6.46. The van der Waals surface area contributed by atoms with E-state index in [0.717, 1.165) is 16.6 Å². The van der Waals surface area contributed by atoms with E-state index in [1.54, 1.807) is 39.0 Å². The zero-order chi connectivity index (χ0) is 31.4. The lowest BCUT2D eigenvalue weighted by Crippen LogP contribution is -2.57. The number of hydrogen-bond donors (Lipinski definition) is 2. The van der Waals surface area contributed by atoms with Crippen LogP contribution in [0.3, 0.4) is 0 Å². The molecule has 234 valence electrons. The first-order valence-electron chi connectivity index (χ1n) is 14.9. The molecule has 1 aromatic heterocycles. The zero-order valence-electron chi connectivity index (χ0n) is 26.0. The molecule has 1 aliphatic heterocycles. The number of aromatic amines is 1. The second-order valence-electron chi connectivity index (χ2n) is 12.2. The van der Waals surface area contributed by atoms with Gasteiger partial charge in [0.1, 0.15) is 17.5 Å². The quantitative estimate of drug-likeness (QED) is 0.277. The molecule has 43 heavy (non-hydrogen) atoms. The van der Waals surface area contributed by atoms with E-state index in [-0.39, 0.29) is 24.3 Å². The predicted molar refractivity (Wildman–Crippen MR) is 167 cm³/mol. The number of carbonyl (C=O) groups is 2. The minimum Gasteiger partial charge on any atom is -0.383 e. The lowest BCUT2D eigenvalue weighted by atomic mass is 9.80. The molecule has 3 atom stereocenters. The number of H-pyrrole nitrogens is 1. The fourth-order valence-corrected chi connectivity index (χ4v) is 6.53. The van der Waals surface area contributed by atoms with Crippen molar-refractivity contribution in [2.45, 2.75) is 70.0 Å². The van der Waals surface area contributed by atoms with Crippen LogP contribution in [0.4, 0.5) is 4.39 Å². The Morgan fingerprint density at radius 2 is 1.91 bits per heavy atom. The maximum Gasteiger partial charge on any atom is 0.243 e. The van der Waals surface area contributed by atoms with Gasteiger partial charge in [0, 0.05) is 51.3 Å². The molecule has 1 saturated heterocycles. The number of alkyl halides is 1. The molecule has 0 saturated carbocycles. The average molecular weight is 615 g/mol. The van der Waals surface area contributed by atoms with Gasteiger partial charge in [-0.15, -0.1) is 0 Å². The summed E-state index contributed by atoms with van der Waals surface area (Å²) in [5, 5.41) is 3.43. The number of benzene rings is 2. The normalized spacial score (nSPS) is 17.3. The zero-order valence-corrected chi connectivity index (χ0v) is 26.8. The van der Waals surface area contributed by atoms with Gasteiger partial charge in [-0.25, -0.2) is 9.37 Å². The average Bonchev–Trinajstić information content (AvgIpc) is 3.38. The topological polar surface area (TPSA) is 96.6 Å². The summed E-state index contributed by atoms with van der Waals surface area (Å²) in [5.41, 5.74) is 0.254. The lowest BCUT2D eigenvalue weighted by molar-refractivity contribution is -0.147. The Bertz CT molecular complexity index is 1420. The van der Waals surface area contributed by atoms with Crippen molar-refractivity contribution in [3.8, 4) is 0 Å². The first kappa shape index (κ1) is 32.9. The molecular formula is C33H44ClFN4O4. The Kier molecular flexibility index (Phi) is 10.5. The largest absolute Gasteiger partial charge is 0.383 e. The predicted octanol–water partition coefficient (Wildman–Crippen LogP) is 5.58. The third-order valence-corrected chi connectivity index (χ3v) is 8.99. The molecule has 0 radical (unpaired) electrons. The third kappa shape index (κ3) is 7.21. The van der Waals surface area contributed by atoms with E-state index in [9.17, 15) is 9.59 Å². The second kappa shape index (κ2) is 13.7. The van der Waals surface area contributed by atoms with E-state index in [1.807, 2.05) is 50.2 Å². The number of methoxy groups -OCH3 is 1. The van der Waals surface area contributed by atoms with Crippen LogP contribution in [0.1, 0.15) is 63.4 Å². The maximum absolute atomic E-state index is 15.4. The molecule has 0 spiro atoms. The Labute approximate surface area is 258 Å². The summed E-state index contributed by atoms with van der Waals surface area (Å²) in [6.07, 6.45) is 1.72. The Morgan fingerprint density at radius 3 is 2.53 bits per heavy atom. The van der Waals surface area contributed by atoms with Crippen molar-refractivity contribution in [2.24, 2.45) is 5.92 Å². The number of ether oxygens (including phenoxy) is 2. The summed E-state index contributed by atoms with van der Waals surface area (Å²) in [4.78, 5) is 37.2. The summed E-state index contributed by atoms with van der Waals surface area (Å²) < 4.78 is 26.6. The number of aromatic nitrogens is 2. The molecule has 2 N–H and O–H groups in total. The van der Waals surface area contributed by atoms with Crippen LogP contribution in [-0.2, 0) is 30.9 Å². The number of fused-ring (bicyclic) bond motifs is 1. The van der Waals surface area contributed by atoms with Gasteiger partial charge in [0.25, 0.3) is 0 Å². The van der Waals surface area contributed by atoms with Gasteiger partial charge in [0.15, 0.2) is 0 Å². The number of nitrogens with one attached hydrogen (secondary N) is 2. The van der Waals surface area contributed by atoms with Crippen LogP contribution in [0.15, 0.2) is 42.5 Å². The van der Waals surface area contributed by atoms with Crippen LogP contribution in [0.25, 0.3) is 11.0 Å². The molecule has 1 fully saturated rings. The van der Waals surface area contributed by atoms with E-state index in [4.69, 9.17) is 26.1 Å². The van der Waals surface area contributed by atoms with Gasteiger partial charge < -0.3 is 24.7 Å². The number of likely N-dealkylation sites (N-methyl/N-ethyl adjacent to an activating group) is 2. The summed E-state index contributed by atoms with van der Waals surface area (Å²) in [6, 6.07) is 12.3. The number of amides is 2. The number of rotatable bonds is 12. The summed E-state index contributed by atoms with van der Waals surface area (Å²) in [5.74, 6) is -0.289. The van der Waals surface area contributed by atoms with E-state index in [0.29, 0.717) is 55.4 Å².